The molecule has 20 heavy (non-hydrogen) atoms. The summed E-state index contributed by atoms with van der Waals surface area (Å²) in [5.74, 6) is 0. The topological polar surface area (TPSA) is 39.9 Å². The fraction of sp³-hybridized carbons (Fsp3) is 0.375. The summed E-state index contributed by atoms with van der Waals surface area (Å²) in [5, 5.41) is 12.7. The fourth-order valence-corrected chi connectivity index (χ4v) is 3.65. The van der Waals surface area contributed by atoms with Crippen LogP contribution in [0.1, 0.15) is 17.8 Å². The number of aromatic nitrogens is 1. The van der Waals surface area contributed by atoms with Crippen LogP contribution in [0.3, 0.4) is 0 Å². The highest BCUT2D eigenvalue weighted by Gasteiger charge is 2.38. The molecule has 0 saturated carbocycles. The van der Waals surface area contributed by atoms with Crippen LogP contribution in [0.25, 0.3) is 11.3 Å². The molecule has 0 amide bonds. The summed E-state index contributed by atoms with van der Waals surface area (Å²) in [5.41, 5.74) is 1.72. The van der Waals surface area contributed by atoms with Crippen LogP contribution >= 0.6 is 11.3 Å². The third kappa shape index (κ3) is 2.35. The average molecular weight is 283 g/mol. The van der Waals surface area contributed by atoms with Gasteiger partial charge in [0.1, 0.15) is 10.4 Å². The number of benzene rings is 1. The first-order chi connectivity index (χ1) is 9.73. The number of rotatable bonds is 2. The van der Waals surface area contributed by atoms with Gasteiger partial charge >= 0.3 is 0 Å². The first kappa shape index (κ1) is 13.3. The van der Waals surface area contributed by atoms with Gasteiger partial charge in [0.05, 0.1) is 11.8 Å². The van der Waals surface area contributed by atoms with Crippen LogP contribution in [0.4, 0.5) is 0 Å². The molecule has 0 spiro atoms. The maximum absolute atomic E-state index is 9.66. The number of piperidine rings is 1. The quantitative estimate of drug-likeness (QED) is 0.849. The standard InChI is InChI=1S/C16H17N3S/c1-19-9-7-16(12-17,8-10-19)15-18-14(11-20-15)13-5-3-2-4-6-13/h2-6,11H,7-10H2,1H3. The molecule has 102 valence electrons. The summed E-state index contributed by atoms with van der Waals surface area (Å²) in [7, 11) is 2.11. The number of likely N-dealkylation sites (tertiary alicyclic amines) is 1. The van der Waals surface area contributed by atoms with Crippen LogP contribution in [0.2, 0.25) is 0 Å². The van der Waals surface area contributed by atoms with Gasteiger partial charge in [0.25, 0.3) is 0 Å². The second-order valence-corrected chi connectivity index (χ2v) is 6.26. The monoisotopic (exact) mass is 283 g/mol. The van der Waals surface area contributed by atoms with E-state index in [-0.39, 0.29) is 5.41 Å². The SMILES string of the molecule is CN1CCC(C#N)(c2nc(-c3ccccc3)cs2)CC1. The molecule has 0 bridgehead atoms. The number of nitrogens with zero attached hydrogens (tertiary/aromatic N) is 3. The van der Waals surface area contributed by atoms with Crippen LogP contribution in [-0.4, -0.2) is 30.0 Å². The number of hydrogen-bond donors (Lipinski definition) is 0. The molecule has 2 heterocycles. The van der Waals surface area contributed by atoms with E-state index in [1.54, 1.807) is 11.3 Å². The van der Waals surface area contributed by atoms with Crippen molar-refractivity contribution < 1.29 is 0 Å². The third-order valence-corrected chi connectivity index (χ3v) is 5.08. The van der Waals surface area contributed by atoms with Gasteiger partial charge in [0, 0.05) is 10.9 Å². The molecule has 0 N–H and O–H groups in total. The van der Waals surface area contributed by atoms with Crippen molar-refractivity contribution in [2.75, 3.05) is 20.1 Å². The second kappa shape index (κ2) is 5.35. The van der Waals surface area contributed by atoms with Gasteiger partial charge < -0.3 is 4.90 Å². The van der Waals surface area contributed by atoms with Gasteiger partial charge in [-0.1, -0.05) is 30.3 Å². The molecule has 0 unspecified atom stereocenters. The molecular weight excluding hydrogens is 266 g/mol. The van der Waals surface area contributed by atoms with Crippen molar-refractivity contribution in [2.45, 2.75) is 18.3 Å². The van der Waals surface area contributed by atoms with Crippen molar-refractivity contribution in [3.05, 3.63) is 40.7 Å². The molecule has 0 atom stereocenters. The molecule has 1 saturated heterocycles. The van der Waals surface area contributed by atoms with Gasteiger partial charge in [0.15, 0.2) is 0 Å². The minimum absolute atomic E-state index is 0.385. The lowest BCUT2D eigenvalue weighted by Gasteiger charge is -2.33. The van der Waals surface area contributed by atoms with Crippen LogP contribution in [0.5, 0.6) is 0 Å². The summed E-state index contributed by atoms with van der Waals surface area (Å²) >= 11 is 1.62. The van der Waals surface area contributed by atoms with Gasteiger partial charge in [0.2, 0.25) is 0 Å². The summed E-state index contributed by atoms with van der Waals surface area (Å²) in [6, 6.07) is 12.7. The molecule has 0 radical (unpaired) electrons. The van der Waals surface area contributed by atoms with Crippen molar-refractivity contribution in [1.82, 2.24) is 9.88 Å². The zero-order valence-electron chi connectivity index (χ0n) is 11.5. The first-order valence-electron chi connectivity index (χ1n) is 6.85. The van der Waals surface area contributed by atoms with E-state index in [1.165, 1.54) is 0 Å². The summed E-state index contributed by atoms with van der Waals surface area (Å²) in [6.07, 6.45) is 1.75. The highest BCUT2D eigenvalue weighted by atomic mass is 32.1. The number of nitriles is 1. The molecule has 0 aliphatic carbocycles. The first-order valence-corrected chi connectivity index (χ1v) is 7.73. The maximum Gasteiger partial charge on any atom is 0.114 e. The van der Waals surface area contributed by atoms with Crippen molar-refractivity contribution in [2.24, 2.45) is 0 Å². The van der Waals surface area contributed by atoms with Crippen LogP contribution < -0.4 is 0 Å². The van der Waals surface area contributed by atoms with E-state index in [1.807, 2.05) is 18.2 Å². The van der Waals surface area contributed by atoms with Crippen molar-refractivity contribution in [3.8, 4) is 17.3 Å². The van der Waals surface area contributed by atoms with E-state index >= 15 is 0 Å². The normalized spacial score (nSPS) is 18.6. The zero-order chi connectivity index (χ0) is 14.0. The smallest absolute Gasteiger partial charge is 0.114 e. The Morgan fingerprint density at radius 2 is 1.95 bits per heavy atom. The Labute approximate surface area is 123 Å². The Kier molecular flexibility index (Phi) is 3.56. The van der Waals surface area contributed by atoms with Crippen molar-refractivity contribution in [1.29, 1.82) is 5.26 Å². The van der Waals surface area contributed by atoms with E-state index in [2.05, 4.69) is 35.5 Å². The Morgan fingerprint density at radius 3 is 2.60 bits per heavy atom. The molecular formula is C16H17N3S. The zero-order valence-corrected chi connectivity index (χ0v) is 12.4. The highest BCUT2D eigenvalue weighted by Crippen LogP contribution is 2.37. The molecule has 2 aromatic rings. The predicted molar refractivity (Wildman–Crippen MR) is 81.6 cm³/mol. The third-order valence-electron chi connectivity index (χ3n) is 4.04. The van der Waals surface area contributed by atoms with E-state index < -0.39 is 0 Å². The molecule has 3 nitrogen and oxygen atoms in total. The van der Waals surface area contributed by atoms with E-state index in [9.17, 15) is 5.26 Å². The van der Waals surface area contributed by atoms with Crippen LogP contribution in [0, 0.1) is 11.3 Å². The van der Waals surface area contributed by atoms with E-state index in [0.717, 1.165) is 42.2 Å². The molecule has 3 rings (SSSR count). The summed E-state index contributed by atoms with van der Waals surface area (Å²) in [6.45, 7) is 1.93. The van der Waals surface area contributed by atoms with Crippen LogP contribution in [0.15, 0.2) is 35.7 Å². The highest BCUT2D eigenvalue weighted by molar-refractivity contribution is 7.10. The minimum atomic E-state index is -0.385. The Morgan fingerprint density at radius 1 is 1.25 bits per heavy atom. The average Bonchev–Trinajstić information content (AvgIpc) is 3.00. The lowest BCUT2D eigenvalue weighted by molar-refractivity contribution is 0.222. The summed E-state index contributed by atoms with van der Waals surface area (Å²) in [4.78, 5) is 7.03. The Bertz CT molecular complexity index is 619. The Hall–Kier alpha value is -1.70. The molecule has 1 aromatic carbocycles. The fourth-order valence-electron chi connectivity index (χ4n) is 2.61. The van der Waals surface area contributed by atoms with Crippen molar-refractivity contribution >= 4 is 11.3 Å². The second-order valence-electron chi connectivity index (χ2n) is 5.40. The molecule has 1 aliphatic heterocycles. The van der Waals surface area contributed by atoms with Gasteiger partial charge in [-0.25, -0.2) is 4.98 Å². The van der Waals surface area contributed by atoms with Crippen LogP contribution in [-0.2, 0) is 5.41 Å². The minimum Gasteiger partial charge on any atom is -0.306 e. The van der Waals surface area contributed by atoms with Crippen molar-refractivity contribution in [3.63, 3.8) is 0 Å². The van der Waals surface area contributed by atoms with E-state index in [0.29, 0.717) is 0 Å². The summed E-state index contributed by atoms with van der Waals surface area (Å²) < 4.78 is 0. The molecule has 1 aliphatic rings. The Balaban J connectivity index is 1.91. The van der Waals surface area contributed by atoms with E-state index in [4.69, 9.17) is 4.98 Å². The number of hydrogen-bond acceptors (Lipinski definition) is 4. The molecule has 1 fully saturated rings. The molecule has 1 aromatic heterocycles. The maximum atomic E-state index is 9.66. The van der Waals surface area contributed by atoms with Gasteiger partial charge in [-0.05, 0) is 33.0 Å². The predicted octanol–water partition coefficient (Wildman–Crippen LogP) is 3.30. The van der Waals surface area contributed by atoms with Gasteiger partial charge in [-0.3, -0.25) is 0 Å². The number of thiazole rings is 1. The van der Waals surface area contributed by atoms with Gasteiger partial charge in [-0.2, -0.15) is 5.26 Å². The lowest BCUT2D eigenvalue weighted by Crippen LogP contribution is -2.39. The molecule has 4 heteroatoms. The van der Waals surface area contributed by atoms with Gasteiger partial charge in [-0.15, -0.1) is 11.3 Å². The largest absolute Gasteiger partial charge is 0.306 e. The lowest BCUT2D eigenvalue weighted by atomic mass is 9.80.